The SMILES string of the molecule is Cc1c(C)c(C)c(-c2nn(Cc3ncn(C)n3)c(C)c2C)c(C)c1C. The van der Waals surface area contributed by atoms with Crippen LogP contribution in [0.5, 0.6) is 0 Å². The molecular formula is C20H27N5. The van der Waals surface area contributed by atoms with Crippen molar-refractivity contribution in [2.24, 2.45) is 7.05 Å². The Hall–Kier alpha value is -2.43. The fourth-order valence-electron chi connectivity index (χ4n) is 3.47. The van der Waals surface area contributed by atoms with Crippen molar-refractivity contribution in [3.8, 4) is 11.3 Å². The molecule has 0 aliphatic heterocycles. The Morgan fingerprint density at radius 2 is 1.32 bits per heavy atom. The van der Waals surface area contributed by atoms with E-state index in [1.165, 1.54) is 38.9 Å². The second-order valence-corrected chi connectivity index (χ2v) is 7.05. The molecule has 0 fully saturated rings. The molecule has 132 valence electrons. The van der Waals surface area contributed by atoms with Crippen LogP contribution >= 0.6 is 0 Å². The molecule has 0 spiro atoms. The predicted molar refractivity (Wildman–Crippen MR) is 101 cm³/mol. The van der Waals surface area contributed by atoms with Gasteiger partial charge in [0.2, 0.25) is 0 Å². The summed E-state index contributed by atoms with van der Waals surface area (Å²) in [7, 11) is 1.88. The van der Waals surface area contributed by atoms with E-state index in [1.54, 1.807) is 11.0 Å². The molecule has 0 N–H and O–H groups in total. The Balaban J connectivity index is 2.15. The van der Waals surface area contributed by atoms with E-state index in [0.29, 0.717) is 6.54 Å². The quantitative estimate of drug-likeness (QED) is 0.728. The van der Waals surface area contributed by atoms with Crippen LogP contribution in [0.4, 0.5) is 0 Å². The van der Waals surface area contributed by atoms with Crippen molar-refractivity contribution in [2.45, 2.75) is 55.0 Å². The lowest BCUT2D eigenvalue weighted by Gasteiger charge is -2.18. The fourth-order valence-corrected chi connectivity index (χ4v) is 3.47. The van der Waals surface area contributed by atoms with E-state index in [2.05, 4.69) is 58.5 Å². The summed E-state index contributed by atoms with van der Waals surface area (Å²) in [6, 6.07) is 0. The first-order valence-electron chi connectivity index (χ1n) is 8.68. The summed E-state index contributed by atoms with van der Waals surface area (Å²) in [5, 5.41) is 9.32. The molecule has 1 aromatic carbocycles. The fraction of sp³-hybridized carbons (Fsp3) is 0.450. The third kappa shape index (κ3) is 2.77. The van der Waals surface area contributed by atoms with E-state index in [9.17, 15) is 0 Å². The Morgan fingerprint density at radius 1 is 0.760 bits per heavy atom. The highest BCUT2D eigenvalue weighted by atomic mass is 15.3. The Labute approximate surface area is 149 Å². The minimum absolute atomic E-state index is 0.593. The van der Waals surface area contributed by atoms with Crippen molar-refractivity contribution >= 4 is 0 Å². The van der Waals surface area contributed by atoms with E-state index in [4.69, 9.17) is 5.10 Å². The molecule has 25 heavy (non-hydrogen) atoms. The molecule has 0 saturated carbocycles. The van der Waals surface area contributed by atoms with Gasteiger partial charge in [-0.25, -0.2) is 4.98 Å². The molecule has 5 heteroatoms. The zero-order valence-corrected chi connectivity index (χ0v) is 16.5. The molecule has 0 aliphatic carbocycles. The summed E-state index contributed by atoms with van der Waals surface area (Å²) in [4.78, 5) is 4.33. The van der Waals surface area contributed by atoms with Crippen LogP contribution in [-0.4, -0.2) is 24.5 Å². The van der Waals surface area contributed by atoms with Gasteiger partial charge in [-0.1, -0.05) is 0 Å². The number of hydrogen-bond acceptors (Lipinski definition) is 3. The van der Waals surface area contributed by atoms with Crippen molar-refractivity contribution < 1.29 is 0 Å². The van der Waals surface area contributed by atoms with Crippen molar-refractivity contribution in [2.75, 3.05) is 0 Å². The number of hydrogen-bond donors (Lipinski definition) is 0. The average Bonchev–Trinajstić information content (AvgIpc) is 3.10. The molecular weight excluding hydrogens is 310 g/mol. The van der Waals surface area contributed by atoms with E-state index in [0.717, 1.165) is 17.2 Å². The lowest BCUT2D eigenvalue weighted by Crippen LogP contribution is -2.06. The summed E-state index contributed by atoms with van der Waals surface area (Å²) in [5.41, 5.74) is 11.5. The highest BCUT2D eigenvalue weighted by molar-refractivity contribution is 5.74. The molecule has 2 heterocycles. The maximum atomic E-state index is 4.95. The van der Waals surface area contributed by atoms with Gasteiger partial charge in [0, 0.05) is 18.3 Å². The van der Waals surface area contributed by atoms with Gasteiger partial charge in [-0.05, 0) is 81.8 Å². The van der Waals surface area contributed by atoms with E-state index in [-0.39, 0.29) is 0 Å². The standard InChI is InChI=1S/C20H27N5/c1-11-12(2)14(4)19(15(5)13(11)3)20-16(6)17(7)25(23-20)9-18-21-10-24(8)22-18/h10H,9H2,1-8H3. The van der Waals surface area contributed by atoms with Crippen molar-refractivity contribution in [1.82, 2.24) is 24.5 Å². The summed E-state index contributed by atoms with van der Waals surface area (Å²) >= 11 is 0. The summed E-state index contributed by atoms with van der Waals surface area (Å²) in [5.74, 6) is 0.782. The highest BCUT2D eigenvalue weighted by Crippen LogP contribution is 2.35. The lowest BCUT2D eigenvalue weighted by molar-refractivity contribution is 0.628. The van der Waals surface area contributed by atoms with Crippen molar-refractivity contribution in [3.05, 3.63) is 51.2 Å². The second-order valence-electron chi connectivity index (χ2n) is 7.05. The Kier molecular flexibility index (Phi) is 4.27. The van der Waals surface area contributed by atoms with Gasteiger partial charge in [0.15, 0.2) is 5.82 Å². The molecule has 3 aromatic rings. The minimum atomic E-state index is 0.593. The van der Waals surface area contributed by atoms with Crippen LogP contribution in [0, 0.1) is 48.5 Å². The monoisotopic (exact) mass is 337 g/mol. The average molecular weight is 337 g/mol. The van der Waals surface area contributed by atoms with Gasteiger partial charge in [0.05, 0.1) is 5.69 Å². The first kappa shape index (κ1) is 17.4. The molecule has 0 radical (unpaired) electrons. The number of rotatable bonds is 3. The minimum Gasteiger partial charge on any atom is -0.261 e. The maximum absolute atomic E-state index is 4.95. The molecule has 0 aliphatic rings. The lowest BCUT2D eigenvalue weighted by atomic mass is 9.87. The van der Waals surface area contributed by atoms with Gasteiger partial charge < -0.3 is 0 Å². The summed E-state index contributed by atoms with van der Waals surface area (Å²) in [6.07, 6.45) is 1.73. The van der Waals surface area contributed by atoms with Crippen LogP contribution in [0.3, 0.4) is 0 Å². The molecule has 0 bridgehead atoms. The van der Waals surface area contributed by atoms with Crippen LogP contribution in [0.15, 0.2) is 6.33 Å². The topological polar surface area (TPSA) is 48.5 Å². The van der Waals surface area contributed by atoms with Gasteiger partial charge in [-0.3, -0.25) is 9.36 Å². The van der Waals surface area contributed by atoms with E-state index >= 15 is 0 Å². The van der Waals surface area contributed by atoms with Gasteiger partial charge >= 0.3 is 0 Å². The number of aryl methyl sites for hydroxylation is 1. The number of aromatic nitrogens is 5. The smallest absolute Gasteiger partial charge is 0.172 e. The van der Waals surface area contributed by atoms with Crippen LogP contribution in [0.1, 0.15) is 44.9 Å². The van der Waals surface area contributed by atoms with Gasteiger partial charge in [-0.15, -0.1) is 0 Å². The zero-order valence-electron chi connectivity index (χ0n) is 16.5. The second kappa shape index (κ2) is 6.14. The summed E-state index contributed by atoms with van der Waals surface area (Å²) < 4.78 is 3.74. The number of benzene rings is 1. The first-order valence-corrected chi connectivity index (χ1v) is 8.68. The van der Waals surface area contributed by atoms with E-state index < -0.39 is 0 Å². The third-order valence-electron chi connectivity index (χ3n) is 5.68. The normalized spacial score (nSPS) is 11.4. The molecule has 5 nitrogen and oxygen atoms in total. The van der Waals surface area contributed by atoms with Crippen LogP contribution in [0.2, 0.25) is 0 Å². The number of nitrogens with zero attached hydrogens (tertiary/aromatic N) is 5. The molecule has 0 unspecified atom stereocenters. The molecule has 3 rings (SSSR count). The molecule has 0 amide bonds. The predicted octanol–water partition coefficient (Wildman–Crippen LogP) is 3.89. The maximum Gasteiger partial charge on any atom is 0.172 e. The van der Waals surface area contributed by atoms with Gasteiger partial charge in [0.1, 0.15) is 12.9 Å². The Bertz CT molecular complexity index is 930. The summed E-state index contributed by atoms with van der Waals surface area (Å²) in [6.45, 7) is 15.9. The van der Waals surface area contributed by atoms with Crippen LogP contribution < -0.4 is 0 Å². The zero-order chi connectivity index (χ0) is 18.5. The Morgan fingerprint density at radius 3 is 1.84 bits per heavy atom. The van der Waals surface area contributed by atoms with Crippen molar-refractivity contribution in [1.29, 1.82) is 0 Å². The van der Waals surface area contributed by atoms with Gasteiger partial charge in [-0.2, -0.15) is 10.2 Å². The van der Waals surface area contributed by atoms with Crippen LogP contribution in [0.25, 0.3) is 11.3 Å². The van der Waals surface area contributed by atoms with Crippen LogP contribution in [-0.2, 0) is 13.6 Å². The van der Waals surface area contributed by atoms with Crippen molar-refractivity contribution in [3.63, 3.8) is 0 Å². The largest absolute Gasteiger partial charge is 0.261 e. The molecule has 0 saturated heterocycles. The molecule has 0 atom stereocenters. The van der Waals surface area contributed by atoms with Gasteiger partial charge in [0.25, 0.3) is 0 Å². The van der Waals surface area contributed by atoms with E-state index in [1.807, 2.05) is 11.7 Å². The molecule has 2 aromatic heterocycles. The first-order chi connectivity index (χ1) is 11.7. The third-order valence-corrected chi connectivity index (χ3v) is 5.68. The highest BCUT2D eigenvalue weighted by Gasteiger charge is 2.20.